The van der Waals surface area contributed by atoms with Gasteiger partial charge in [-0.15, -0.1) is 0 Å². The number of hydrogen-bond acceptors (Lipinski definition) is 2. The number of halogens is 2. The van der Waals surface area contributed by atoms with Crippen molar-refractivity contribution < 1.29 is 9.59 Å². The van der Waals surface area contributed by atoms with E-state index in [-0.39, 0.29) is 18.2 Å². The fourth-order valence-corrected chi connectivity index (χ4v) is 2.56. The van der Waals surface area contributed by atoms with Crippen molar-refractivity contribution in [1.29, 1.82) is 0 Å². The van der Waals surface area contributed by atoms with E-state index in [2.05, 4.69) is 5.32 Å². The van der Waals surface area contributed by atoms with Gasteiger partial charge >= 0.3 is 0 Å². The molecule has 0 radical (unpaired) electrons. The highest BCUT2D eigenvalue weighted by Gasteiger charge is 2.08. The monoisotopic (exact) mass is 350 g/mol. The fraction of sp³-hybridized carbons (Fsp3) is 0.176. The van der Waals surface area contributed by atoms with Gasteiger partial charge in [0.25, 0.3) is 0 Å². The van der Waals surface area contributed by atoms with Crippen molar-refractivity contribution in [2.24, 2.45) is 0 Å². The third-order valence-corrected chi connectivity index (χ3v) is 3.74. The van der Waals surface area contributed by atoms with Gasteiger partial charge in [-0.3, -0.25) is 9.59 Å². The van der Waals surface area contributed by atoms with Crippen LogP contribution in [0.4, 0.5) is 11.4 Å². The molecule has 0 aliphatic rings. The van der Waals surface area contributed by atoms with Crippen LogP contribution in [0.3, 0.4) is 0 Å². The fourth-order valence-electron chi connectivity index (χ4n) is 2.04. The average molecular weight is 351 g/mol. The van der Waals surface area contributed by atoms with E-state index in [9.17, 15) is 9.59 Å². The molecule has 0 bridgehead atoms. The van der Waals surface area contributed by atoms with Gasteiger partial charge in [-0.1, -0.05) is 35.3 Å². The summed E-state index contributed by atoms with van der Waals surface area (Å²) in [7, 11) is 1.70. The number of carbonyl (C=O) groups is 2. The SMILES string of the molecule is CC(=O)N(C)c1ccc(CC(=O)Nc2cc(Cl)cc(Cl)c2)cc1. The summed E-state index contributed by atoms with van der Waals surface area (Å²) in [4.78, 5) is 24.9. The van der Waals surface area contributed by atoms with Crippen LogP contribution in [0.25, 0.3) is 0 Å². The first-order valence-electron chi connectivity index (χ1n) is 6.94. The molecule has 4 nitrogen and oxygen atoms in total. The summed E-state index contributed by atoms with van der Waals surface area (Å²) in [6.45, 7) is 1.50. The molecule has 0 heterocycles. The molecule has 0 aromatic heterocycles. The lowest BCUT2D eigenvalue weighted by Crippen LogP contribution is -2.22. The maximum Gasteiger partial charge on any atom is 0.228 e. The van der Waals surface area contributed by atoms with Gasteiger partial charge in [0.05, 0.1) is 6.42 Å². The van der Waals surface area contributed by atoms with Crippen LogP contribution in [0.2, 0.25) is 10.0 Å². The molecule has 2 aromatic carbocycles. The van der Waals surface area contributed by atoms with Crippen LogP contribution >= 0.6 is 23.2 Å². The lowest BCUT2D eigenvalue weighted by atomic mass is 10.1. The Hall–Kier alpha value is -2.04. The molecule has 2 rings (SSSR count). The number of nitrogens with zero attached hydrogens (tertiary/aromatic N) is 1. The van der Waals surface area contributed by atoms with E-state index >= 15 is 0 Å². The van der Waals surface area contributed by atoms with E-state index in [4.69, 9.17) is 23.2 Å². The zero-order chi connectivity index (χ0) is 17.0. The van der Waals surface area contributed by atoms with Crippen molar-refractivity contribution >= 4 is 46.4 Å². The van der Waals surface area contributed by atoms with Crippen LogP contribution in [0.1, 0.15) is 12.5 Å². The Morgan fingerprint density at radius 1 is 1.04 bits per heavy atom. The first kappa shape index (κ1) is 17.3. The summed E-state index contributed by atoms with van der Waals surface area (Å²) in [6.07, 6.45) is 0.216. The zero-order valence-corrected chi connectivity index (χ0v) is 14.3. The Balaban J connectivity index is 2.01. The Morgan fingerprint density at radius 2 is 1.61 bits per heavy atom. The number of hydrogen-bond donors (Lipinski definition) is 1. The van der Waals surface area contributed by atoms with Crippen molar-refractivity contribution in [1.82, 2.24) is 0 Å². The van der Waals surface area contributed by atoms with Gasteiger partial charge in [-0.05, 0) is 35.9 Å². The number of amides is 2. The van der Waals surface area contributed by atoms with Crippen molar-refractivity contribution in [3.05, 3.63) is 58.1 Å². The van der Waals surface area contributed by atoms with Gasteiger partial charge in [0, 0.05) is 35.4 Å². The normalized spacial score (nSPS) is 10.3. The minimum absolute atomic E-state index is 0.0478. The predicted octanol–water partition coefficient (Wildman–Crippen LogP) is 4.16. The lowest BCUT2D eigenvalue weighted by Gasteiger charge is -2.15. The summed E-state index contributed by atoms with van der Waals surface area (Å²) in [6, 6.07) is 12.1. The van der Waals surface area contributed by atoms with E-state index in [1.807, 2.05) is 12.1 Å². The molecule has 0 atom stereocenters. The minimum atomic E-state index is -0.170. The first-order valence-corrected chi connectivity index (χ1v) is 7.70. The molecule has 0 saturated heterocycles. The molecule has 0 aliphatic carbocycles. The first-order chi connectivity index (χ1) is 10.8. The van der Waals surface area contributed by atoms with Crippen LogP contribution < -0.4 is 10.2 Å². The Morgan fingerprint density at radius 3 is 2.13 bits per heavy atom. The van der Waals surface area contributed by atoms with E-state index < -0.39 is 0 Å². The van der Waals surface area contributed by atoms with E-state index in [0.717, 1.165) is 11.3 Å². The van der Waals surface area contributed by atoms with E-state index in [0.29, 0.717) is 15.7 Å². The van der Waals surface area contributed by atoms with Gasteiger partial charge in [0.2, 0.25) is 11.8 Å². The lowest BCUT2D eigenvalue weighted by molar-refractivity contribution is -0.116. The van der Waals surface area contributed by atoms with Gasteiger partial charge in [-0.2, -0.15) is 0 Å². The molecule has 120 valence electrons. The second kappa shape index (κ2) is 7.49. The second-order valence-electron chi connectivity index (χ2n) is 5.13. The number of nitrogens with one attached hydrogen (secondary N) is 1. The smallest absolute Gasteiger partial charge is 0.228 e. The molecule has 0 fully saturated rings. The molecule has 2 amide bonds. The molecule has 1 N–H and O–H groups in total. The quantitative estimate of drug-likeness (QED) is 0.899. The Labute approximate surface area is 145 Å². The minimum Gasteiger partial charge on any atom is -0.326 e. The van der Waals surface area contributed by atoms with Crippen molar-refractivity contribution in [3.63, 3.8) is 0 Å². The standard InChI is InChI=1S/C17H16Cl2N2O2/c1-11(22)21(2)16-5-3-12(4-6-16)7-17(23)20-15-9-13(18)8-14(19)10-15/h3-6,8-10H,7H2,1-2H3,(H,20,23). The Bertz CT molecular complexity index is 710. The second-order valence-corrected chi connectivity index (χ2v) is 6.00. The third kappa shape index (κ3) is 4.98. The number of carbonyl (C=O) groups excluding carboxylic acids is 2. The van der Waals surface area contributed by atoms with E-state index in [1.54, 1.807) is 37.4 Å². The maximum absolute atomic E-state index is 12.1. The molecule has 0 saturated carbocycles. The van der Waals surface area contributed by atoms with Crippen LogP contribution in [0, 0.1) is 0 Å². The summed E-state index contributed by atoms with van der Waals surface area (Å²) in [5, 5.41) is 3.68. The predicted molar refractivity (Wildman–Crippen MR) is 94.3 cm³/mol. The van der Waals surface area contributed by atoms with Crippen molar-refractivity contribution in [2.75, 3.05) is 17.3 Å². The van der Waals surface area contributed by atoms with Crippen LogP contribution in [0.5, 0.6) is 0 Å². The van der Waals surface area contributed by atoms with Crippen molar-refractivity contribution in [3.8, 4) is 0 Å². The van der Waals surface area contributed by atoms with Gasteiger partial charge in [-0.25, -0.2) is 0 Å². The molecular formula is C17H16Cl2N2O2. The summed E-state index contributed by atoms with van der Waals surface area (Å²) >= 11 is 11.8. The van der Waals surface area contributed by atoms with Crippen LogP contribution in [0.15, 0.2) is 42.5 Å². The Kier molecular flexibility index (Phi) is 5.64. The van der Waals surface area contributed by atoms with Crippen molar-refractivity contribution in [2.45, 2.75) is 13.3 Å². The number of rotatable bonds is 4. The molecule has 0 aliphatic heterocycles. The average Bonchev–Trinajstić information content (AvgIpc) is 2.45. The molecule has 23 heavy (non-hydrogen) atoms. The van der Waals surface area contributed by atoms with Gasteiger partial charge in [0.15, 0.2) is 0 Å². The molecular weight excluding hydrogens is 335 g/mol. The molecule has 6 heteroatoms. The topological polar surface area (TPSA) is 49.4 Å². The summed E-state index contributed by atoms with van der Waals surface area (Å²) < 4.78 is 0. The molecule has 0 unspecified atom stereocenters. The van der Waals surface area contributed by atoms with Crippen LogP contribution in [-0.2, 0) is 16.0 Å². The number of anilines is 2. The van der Waals surface area contributed by atoms with E-state index in [1.165, 1.54) is 11.8 Å². The highest BCUT2D eigenvalue weighted by atomic mass is 35.5. The zero-order valence-electron chi connectivity index (χ0n) is 12.8. The summed E-state index contributed by atoms with van der Waals surface area (Å²) in [5.74, 6) is -0.218. The number of benzene rings is 2. The highest BCUT2D eigenvalue weighted by Crippen LogP contribution is 2.22. The molecule has 2 aromatic rings. The third-order valence-electron chi connectivity index (χ3n) is 3.31. The maximum atomic E-state index is 12.1. The largest absolute Gasteiger partial charge is 0.326 e. The molecule has 0 spiro atoms. The van der Waals surface area contributed by atoms with Gasteiger partial charge in [0.1, 0.15) is 0 Å². The highest BCUT2D eigenvalue weighted by molar-refractivity contribution is 6.35. The van der Waals surface area contributed by atoms with Gasteiger partial charge < -0.3 is 10.2 Å². The van der Waals surface area contributed by atoms with Crippen LogP contribution in [-0.4, -0.2) is 18.9 Å². The summed E-state index contributed by atoms with van der Waals surface area (Å²) in [5.41, 5.74) is 2.18.